The van der Waals surface area contributed by atoms with Crippen molar-refractivity contribution in [3.63, 3.8) is 0 Å². The Hall–Kier alpha value is -0.800. The van der Waals surface area contributed by atoms with Gasteiger partial charge >= 0.3 is 0 Å². The number of rotatable bonds is 5. The minimum absolute atomic E-state index is 0.347. The summed E-state index contributed by atoms with van der Waals surface area (Å²) in [6.07, 6.45) is 2.31. The summed E-state index contributed by atoms with van der Waals surface area (Å²) in [5, 5.41) is 3.61. The SMILES string of the molecule is CCCc1ccccc1NC(C)c1ccc(Br)s1. The maximum atomic E-state index is 3.61. The van der Waals surface area contributed by atoms with Crippen LogP contribution in [0.4, 0.5) is 5.69 Å². The smallest absolute Gasteiger partial charge is 0.0702 e. The predicted molar refractivity (Wildman–Crippen MR) is 84.5 cm³/mol. The fourth-order valence-corrected chi connectivity index (χ4v) is 3.44. The maximum Gasteiger partial charge on any atom is 0.0702 e. The highest BCUT2D eigenvalue weighted by Crippen LogP contribution is 2.30. The quantitative estimate of drug-likeness (QED) is 0.751. The molecule has 0 aliphatic heterocycles. The van der Waals surface area contributed by atoms with Crippen LogP contribution in [0.5, 0.6) is 0 Å². The van der Waals surface area contributed by atoms with E-state index < -0.39 is 0 Å². The van der Waals surface area contributed by atoms with Gasteiger partial charge in [0.2, 0.25) is 0 Å². The largest absolute Gasteiger partial charge is 0.377 e. The van der Waals surface area contributed by atoms with Crippen molar-refractivity contribution >= 4 is 33.0 Å². The van der Waals surface area contributed by atoms with Crippen LogP contribution < -0.4 is 5.32 Å². The second-order valence-corrected chi connectivity index (χ2v) is 6.91. The van der Waals surface area contributed by atoms with Crippen LogP contribution in [0.25, 0.3) is 0 Å². The van der Waals surface area contributed by atoms with Crippen molar-refractivity contribution in [2.75, 3.05) is 5.32 Å². The average Bonchev–Trinajstić information content (AvgIpc) is 2.79. The normalized spacial score (nSPS) is 12.4. The molecule has 96 valence electrons. The third kappa shape index (κ3) is 3.36. The molecule has 0 spiro atoms. The number of thiophene rings is 1. The maximum absolute atomic E-state index is 3.61. The van der Waals surface area contributed by atoms with E-state index in [0.717, 1.165) is 6.42 Å². The molecule has 0 radical (unpaired) electrons. The van der Waals surface area contributed by atoms with Crippen LogP contribution in [0.15, 0.2) is 40.2 Å². The van der Waals surface area contributed by atoms with E-state index in [1.54, 1.807) is 11.3 Å². The van der Waals surface area contributed by atoms with E-state index in [1.165, 1.54) is 26.3 Å². The van der Waals surface area contributed by atoms with Gasteiger partial charge in [0.05, 0.1) is 9.83 Å². The summed E-state index contributed by atoms with van der Waals surface area (Å²) in [7, 11) is 0. The topological polar surface area (TPSA) is 12.0 Å². The molecular formula is C15H18BrNS. The number of nitrogens with one attached hydrogen (secondary N) is 1. The number of anilines is 1. The van der Waals surface area contributed by atoms with Gasteiger partial charge in [-0.25, -0.2) is 0 Å². The lowest BCUT2D eigenvalue weighted by Gasteiger charge is -2.17. The van der Waals surface area contributed by atoms with Crippen LogP contribution in [-0.4, -0.2) is 0 Å². The molecule has 2 rings (SSSR count). The molecule has 1 heterocycles. The number of hydrogen-bond acceptors (Lipinski definition) is 2. The molecule has 1 aromatic carbocycles. The van der Waals surface area contributed by atoms with Gasteiger partial charge < -0.3 is 5.32 Å². The summed E-state index contributed by atoms with van der Waals surface area (Å²) in [4.78, 5) is 1.35. The summed E-state index contributed by atoms with van der Waals surface area (Å²) in [6, 6.07) is 13.2. The number of halogens is 1. The van der Waals surface area contributed by atoms with E-state index in [4.69, 9.17) is 0 Å². The second kappa shape index (κ2) is 6.39. The fourth-order valence-electron chi connectivity index (χ4n) is 2.01. The van der Waals surface area contributed by atoms with Gasteiger partial charge in [-0.2, -0.15) is 0 Å². The van der Waals surface area contributed by atoms with Crippen LogP contribution in [0.1, 0.15) is 36.8 Å². The van der Waals surface area contributed by atoms with Crippen molar-refractivity contribution in [3.05, 3.63) is 50.6 Å². The molecule has 1 atom stereocenters. The van der Waals surface area contributed by atoms with E-state index in [-0.39, 0.29) is 0 Å². The first-order valence-electron chi connectivity index (χ1n) is 6.30. The predicted octanol–water partition coefficient (Wildman–Crippen LogP) is 5.64. The standard InChI is InChI=1S/C15H18BrNS/c1-3-6-12-7-4-5-8-13(12)17-11(2)14-9-10-15(16)18-14/h4-5,7-11,17H,3,6H2,1-2H3. The molecule has 0 saturated heterocycles. The van der Waals surface area contributed by atoms with E-state index in [9.17, 15) is 0 Å². The lowest BCUT2D eigenvalue weighted by atomic mass is 10.1. The lowest BCUT2D eigenvalue weighted by Crippen LogP contribution is -2.06. The summed E-state index contributed by atoms with van der Waals surface area (Å²) in [5.74, 6) is 0. The molecule has 0 aliphatic rings. The Morgan fingerprint density at radius 2 is 2.00 bits per heavy atom. The average molecular weight is 324 g/mol. The molecule has 0 aliphatic carbocycles. The van der Waals surface area contributed by atoms with Gasteiger partial charge in [0.25, 0.3) is 0 Å². The molecule has 0 amide bonds. The molecule has 1 nitrogen and oxygen atoms in total. The Bertz CT molecular complexity index is 507. The van der Waals surface area contributed by atoms with Crippen molar-refractivity contribution in [3.8, 4) is 0 Å². The number of para-hydroxylation sites is 1. The number of aryl methyl sites for hydroxylation is 1. The zero-order valence-electron chi connectivity index (χ0n) is 10.7. The zero-order valence-corrected chi connectivity index (χ0v) is 13.1. The number of hydrogen-bond donors (Lipinski definition) is 1. The third-order valence-corrected chi connectivity index (χ3v) is 4.74. The Labute approximate surface area is 121 Å². The van der Waals surface area contributed by atoms with Gasteiger partial charge in [0, 0.05) is 10.6 Å². The molecule has 2 aromatic rings. The van der Waals surface area contributed by atoms with Crippen molar-refractivity contribution in [2.45, 2.75) is 32.7 Å². The molecule has 0 fully saturated rings. The summed E-state index contributed by atoms with van der Waals surface area (Å²) < 4.78 is 1.19. The van der Waals surface area contributed by atoms with Gasteiger partial charge in [-0.05, 0) is 53.0 Å². The van der Waals surface area contributed by atoms with Crippen LogP contribution in [0, 0.1) is 0 Å². The summed E-state index contributed by atoms with van der Waals surface area (Å²) >= 11 is 5.30. The van der Waals surface area contributed by atoms with E-state index in [0.29, 0.717) is 6.04 Å². The second-order valence-electron chi connectivity index (χ2n) is 4.42. The molecule has 18 heavy (non-hydrogen) atoms. The van der Waals surface area contributed by atoms with E-state index >= 15 is 0 Å². The fraction of sp³-hybridized carbons (Fsp3) is 0.333. The summed E-state index contributed by atoms with van der Waals surface area (Å²) in [6.45, 7) is 4.43. The number of benzene rings is 1. The molecular weight excluding hydrogens is 306 g/mol. The zero-order chi connectivity index (χ0) is 13.0. The van der Waals surface area contributed by atoms with Crippen molar-refractivity contribution in [2.24, 2.45) is 0 Å². The van der Waals surface area contributed by atoms with E-state index in [2.05, 4.69) is 71.5 Å². The van der Waals surface area contributed by atoms with Crippen LogP contribution in [0.2, 0.25) is 0 Å². The van der Waals surface area contributed by atoms with Crippen molar-refractivity contribution < 1.29 is 0 Å². The molecule has 0 bridgehead atoms. The molecule has 3 heteroatoms. The Morgan fingerprint density at radius 1 is 1.22 bits per heavy atom. The van der Waals surface area contributed by atoms with E-state index in [1.807, 2.05) is 0 Å². The van der Waals surface area contributed by atoms with Crippen LogP contribution in [-0.2, 0) is 6.42 Å². The monoisotopic (exact) mass is 323 g/mol. The molecule has 1 N–H and O–H groups in total. The van der Waals surface area contributed by atoms with Gasteiger partial charge in [0.15, 0.2) is 0 Å². The lowest BCUT2D eigenvalue weighted by molar-refractivity contribution is 0.882. The Balaban J connectivity index is 2.13. The highest BCUT2D eigenvalue weighted by molar-refractivity contribution is 9.11. The van der Waals surface area contributed by atoms with Gasteiger partial charge in [-0.3, -0.25) is 0 Å². The van der Waals surface area contributed by atoms with Gasteiger partial charge in [-0.15, -0.1) is 11.3 Å². The minimum atomic E-state index is 0.347. The van der Waals surface area contributed by atoms with Crippen molar-refractivity contribution in [1.29, 1.82) is 0 Å². The Kier molecular flexibility index (Phi) is 4.84. The van der Waals surface area contributed by atoms with Crippen LogP contribution >= 0.6 is 27.3 Å². The third-order valence-electron chi connectivity index (χ3n) is 2.93. The highest BCUT2D eigenvalue weighted by Gasteiger charge is 2.09. The Morgan fingerprint density at radius 3 is 2.67 bits per heavy atom. The minimum Gasteiger partial charge on any atom is -0.377 e. The molecule has 0 saturated carbocycles. The first-order chi connectivity index (χ1) is 8.70. The van der Waals surface area contributed by atoms with Gasteiger partial charge in [0.1, 0.15) is 0 Å². The first-order valence-corrected chi connectivity index (χ1v) is 7.91. The first kappa shape index (κ1) is 13.6. The summed E-state index contributed by atoms with van der Waals surface area (Å²) in [5.41, 5.74) is 2.67. The molecule has 1 aromatic heterocycles. The van der Waals surface area contributed by atoms with Crippen LogP contribution in [0.3, 0.4) is 0 Å². The highest BCUT2D eigenvalue weighted by atomic mass is 79.9. The molecule has 1 unspecified atom stereocenters. The van der Waals surface area contributed by atoms with Gasteiger partial charge in [-0.1, -0.05) is 31.5 Å². The van der Waals surface area contributed by atoms with Crippen molar-refractivity contribution in [1.82, 2.24) is 0 Å².